The fourth-order valence-corrected chi connectivity index (χ4v) is 7.55. The largest absolute Gasteiger partial charge is 0.507 e. The molecule has 0 aliphatic carbocycles. The fourth-order valence-electron chi connectivity index (χ4n) is 7.55. The van der Waals surface area contributed by atoms with Crippen LogP contribution in [0.4, 0.5) is 0 Å². The number of ether oxygens (including phenoxy) is 4. The van der Waals surface area contributed by atoms with Crippen molar-refractivity contribution in [2.75, 3.05) is 41.5 Å². The first kappa shape index (κ1) is 34.5. The molecule has 0 saturated carbocycles. The van der Waals surface area contributed by atoms with Gasteiger partial charge in [-0.1, -0.05) is 12.1 Å². The second kappa shape index (κ2) is 14.2. The maximum absolute atomic E-state index is 12.8. The molecular formula is C40H44N2O8. The van der Waals surface area contributed by atoms with E-state index in [1.807, 2.05) is 58.3 Å². The molecule has 0 bridgehead atoms. The highest BCUT2D eigenvalue weighted by Crippen LogP contribution is 2.43. The van der Waals surface area contributed by atoms with Gasteiger partial charge in [0.1, 0.15) is 11.5 Å². The molecule has 6 rings (SSSR count). The Balaban J connectivity index is 1.36. The zero-order chi connectivity index (χ0) is 35.7. The third kappa shape index (κ3) is 6.49. The number of benzene rings is 4. The van der Waals surface area contributed by atoms with E-state index in [0.29, 0.717) is 72.9 Å². The summed E-state index contributed by atoms with van der Waals surface area (Å²) in [5, 5.41) is 22.2. The lowest BCUT2D eigenvalue weighted by molar-refractivity contribution is -0.132. The highest BCUT2D eigenvalue weighted by Gasteiger charge is 2.33. The van der Waals surface area contributed by atoms with Gasteiger partial charge in [0, 0.05) is 38.1 Å². The normalized spacial score (nSPS) is 16.7. The number of aromatic hydroxyl groups is 2. The van der Waals surface area contributed by atoms with E-state index >= 15 is 0 Å². The van der Waals surface area contributed by atoms with Gasteiger partial charge in [-0.05, 0) is 108 Å². The van der Waals surface area contributed by atoms with E-state index < -0.39 is 0 Å². The molecule has 2 aliphatic rings. The third-order valence-electron chi connectivity index (χ3n) is 10.1. The Labute approximate surface area is 292 Å². The van der Waals surface area contributed by atoms with Crippen molar-refractivity contribution in [3.05, 3.63) is 94.0 Å². The number of amides is 2. The molecular weight excluding hydrogens is 636 g/mol. The zero-order valence-electron chi connectivity index (χ0n) is 29.4. The van der Waals surface area contributed by atoms with Gasteiger partial charge in [-0.25, -0.2) is 0 Å². The van der Waals surface area contributed by atoms with E-state index in [2.05, 4.69) is 0 Å². The Morgan fingerprint density at radius 1 is 0.600 bits per heavy atom. The summed E-state index contributed by atoms with van der Waals surface area (Å²) >= 11 is 0. The van der Waals surface area contributed by atoms with E-state index in [1.54, 1.807) is 54.4 Å². The van der Waals surface area contributed by atoms with Crippen molar-refractivity contribution >= 4 is 11.8 Å². The highest BCUT2D eigenvalue weighted by atomic mass is 16.5. The average Bonchev–Trinajstić information content (AvgIpc) is 3.11. The van der Waals surface area contributed by atoms with Crippen molar-refractivity contribution in [1.29, 1.82) is 0 Å². The number of hydrogen-bond acceptors (Lipinski definition) is 8. The van der Waals surface area contributed by atoms with Crippen LogP contribution in [-0.2, 0) is 35.3 Å². The van der Waals surface area contributed by atoms with Crippen LogP contribution in [0.15, 0.2) is 60.7 Å². The van der Waals surface area contributed by atoms with Gasteiger partial charge in [0.25, 0.3) is 0 Å². The Bertz CT molecular complexity index is 1800. The summed E-state index contributed by atoms with van der Waals surface area (Å²) in [7, 11) is 6.40. The van der Waals surface area contributed by atoms with Crippen LogP contribution in [-0.4, -0.2) is 73.4 Å². The standard InChI is InChI=1S/C40H44N2O8/c1-23(43)41-13-11-27-19-37(47-3)39(49-5)21-29(27)33(41)17-25-7-9-35(45)31(15-25)32-16-26(8-10-36(32)46)18-34-30-22-40(50-6)38(48-4)20-28(30)12-14-42(34)24(2)44/h7-10,15-16,19-22,33-34,45-46H,11-14,17-18H2,1-6H3/t33-,34-/m1/s1. The summed E-state index contributed by atoms with van der Waals surface area (Å²) in [5.41, 5.74) is 6.86. The minimum atomic E-state index is -0.270. The lowest BCUT2D eigenvalue weighted by Gasteiger charge is -2.37. The number of phenolic OH excluding ortho intramolecular Hbond substituents is 2. The van der Waals surface area contributed by atoms with Crippen LogP contribution in [0.3, 0.4) is 0 Å². The minimum absolute atomic E-state index is 0.0188. The molecule has 0 aromatic heterocycles. The van der Waals surface area contributed by atoms with E-state index in [0.717, 1.165) is 33.4 Å². The van der Waals surface area contributed by atoms with Crippen LogP contribution in [0.1, 0.15) is 59.3 Å². The molecule has 2 heterocycles. The Morgan fingerprint density at radius 2 is 0.960 bits per heavy atom. The van der Waals surface area contributed by atoms with Gasteiger partial charge >= 0.3 is 0 Å². The van der Waals surface area contributed by atoms with Crippen LogP contribution in [0, 0.1) is 0 Å². The number of rotatable bonds is 9. The maximum Gasteiger partial charge on any atom is 0.219 e. The monoisotopic (exact) mass is 680 g/mol. The molecule has 262 valence electrons. The van der Waals surface area contributed by atoms with Crippen molar-refractivity contribution in [2.45, 2.75) is 51.6 Å². The van der Waals surface area contributed by atoms with Crippen molar-refractivity contribution < 1.29 is 38.7 Å². The van der Waals surface area contributed by atoms with Gasteiger partial charge < -0.3 is 39.0 Å². The fraction of sp³-hybridized carbons (Fsp3) is 0.350. The summed E-state index contributed by atoms with van der Waals surface area (Å²) in [6, 6.07) is 18.0. The molecule has 4 aromatic carbocycles. The number of carbonyl (C=O) groups excluding carboxylic acids is 2. The molecule has 0 spiro atoms. The van der Waals surface area contributed by atoms with Gasteiger partial charge in [-0.2, -0.15) is 0 Å². The van der Waals surface area contributed by atoms with Crippen LogP contribution in [0.25, 0.3) is 11.1 Å². The van der Waals surface area contributed by atoms with E-state index in [9.17, 15) is 19.8 Å². The second-order valence-corrected chi connectivity index (χ2v) is 12.9. The first-order valence-corrected chi connectivity index (χ1v) is 16.7. The Kier molecular flexibility index (Phi) is 9.81. The van der Waals surface area contributed by atoms with Crippen molar-refractivity contribution in [2.24, 2.45) is 0 Å². The van der Waals surface area contributed by atoms with Gasteiger partial charge in [-0.15, -0.1) is 0 Å². The zero-order valence-corrected chi connectivity index (χ0v) is 29.4. The number of nitrogens with zero attached hydrogens (tertiary/aromatic N) is 2. The third-order valence-corrected chi connectivity index (χ3v) is 10.1. The van der Waals surface area contributed by atoms with Crippen LogP contribution >= 0.6 is 0 Å². The maximum atomic E-state index is 12.8. The Morgan fingerprint density at radius 3 is 1.30 bits per heavy atom. The summed E-state index contributed by atoms with van der Waals surface area (Å²) in [6.07, 6.45) is 2.35. The summed E-state index contributed by atoms with van der Waals surface area (Å²) < 4.78 is 22.3. The summed E-state index contributed by atoms with van der Waals surface area (Å²) in [5.74, 6) is 2.46. The number of methoxy groups -OCH3 is 4. The van der Waals surface area contributed by atoms with Gasteiger partial charge in [0.2, 0.25) is 11.8 Å². The SMILES string of the molecule is COc1cc2c(cc1OC)[C@@H](Cc1ccc(O)c(-c3cc(C[C@@H]4c5cc(OC)c(OC)cc5CCN4C(C)=O)ccc3O)c1)N(C(C)=O)CC2. The van der Waals surface area contributed by atoms with Crippen LogP contribution < -0.4 is 18.9 Å². The van der Waals surface area contributed by atoms with Crippen LogP contribution in [0.5, 0.6) is 34.5 Å². The molecule has 2 aliphatic heterocycles. The smallest absolute Gasteiger partial charge is 0.219 e. The quantitative estimate of drug-likeness (QED) is 0.216. The molecule has 10 nitrogen and oxygen atoms in total. The second-order valence-electron chi connectivity index (χ2n) is 12.9. The summed E-state index contributed by atoms with van der Waals surface area (Å²) in [4.78, 5) is 29.4. The highest BCUT2D eigenvalue weighted by molar-refractivity contribution is 5.78. The van der Waals surface area contributed by atoms with Gasteiger partial charge in [0.05, 0.1) is 40.5 Å². The van der Waals surface area contributed by atoms with Gasteiger partial charge in [-0.3, -0.25) is 9.59 Å². The van der Waals surface area contributed by atoms with Gasteiger partial charge in [0.15, 0.2) is 23.0 Å². The average molecular weight is 681 g/mol. The molecule has 2 amide bonds. The number of fused-ring (bicyclic) bond motifs is 2. The summed E-state index contributed by atoms with van der Waals surface area (Å²) in [6.45, 7) is 4.29. The predicted molar refractivity (Wildman–Crippen MR) is 189 cm³/mol. The van der Waals surface area contributed by atoms with Crippen molar-refractivity contribution in [1.82, 2.24) is 9.80 Å². The minimum Gasteiger partial charge on any atom is -0.507 e. The molecule has 0 fully saturated rings. The first-order valence-electron chi connectivity index (χ1n) is 16.7. The van der Waals surface area contributed by atoms with E-state index in [4.69, 9.17) is 18.9 Å². The first-order chi connectivity index (χ1) is 24.1. The number of carbonyl (C=O) groups is 2. The van der Waals surface area contributed by atoms with Crippen molar-refractivity contribution in [3.8, 4) is 45.6 Å². The topological polar surface area (TPSA) is 118 Å². The molecule has 50 heavy (non-hydrogen) atoms. The van der Waals surface area contributed by atoms with E-state index in [-0.39, 0.29) is 35.4 Å². The van der Waals surface area contributed by atoms with Crippen LogP contribution in [0.2, 0.25) is 0 Å². The van der Waals surface area contributed by atoms with Crippen molar-refractivity contribution in [3.63, 3.8) is 0 Å². The number of hydrogen-bond donors (Lipinski definition) is 2. The molecule has 2 N–H and O–H groups in total. The Hall–Kier alpha value is -5.38. The molecule has 0 unspecified atom stereocenters. The molecule has 0 radical (unpaired) electrons. The molecule has 10 heteroatoms. The molecule has 4 aromatic rings. The van der Waals surface area contributed by atoms with E-state index in [1.165, 1.54) is 0 Å². The number of phenols is 2. The lowest BCUT2D eigenvalue weighted by Crippen LogP contribution is -2.39. The lowest BCUT2D eigenvalue weighted by atomic mass is 9.86. The predicted octanol–water partition coefficient (Wildman–Crippen LogP) is 6.18. The molecule has 2 atom stereocenters. The molecule has 0 saturated heterocycles.